The zero-order valence-corrected chi connectivity index (χ0v) is 12.8. The quantitative estimate of drug-likeness (QED) is 0.700. The van der Waals surface area contributed by atoms with E-state index < -0.39 is 23.6 Å². The number of hydrogen-bond acceptors (Lipinski definition) is 3. The van der Waals surface area contributed by atoms with Crippen LogP contribution in [0.1, 0.15) is 33.6 Å². The normalized spacial score (nSPS) is 13.2. The molecule has 0 heterocycles. The van der Waals surface area contributed by atoms with E-state index >= 15 is 0 Å². The molecular weight excluding hydrogens is 297 g/mol. The van der Waals surface area contributed by atoms with Crippen LogP contribution >= 0.6 is 23.5 Å². The molecule has 0 aliphatic heterocycles. The standard InChI is InChI=1S/C12H19F3O2S2/c1-4-7-8(10(16)17)9(12(13,14)15)11(18-5-2)19-6-3/h8H,4-7H2,1-3H3,(H,16,17). The summed E-state index contributed by atoms with van der Waals surface area (Å²) >= 11 is 2.13. The van der Waals surface area contributed by atoms with Gasteiger partial charge in [-0.15, -0.1) is 23.5 Å². The van der Waals surface area contributed by atoms with E-state index in [0.29, 0.717) is 17.9 Å². The first kappa shape index (κ1) is 18.7. The maximum Gasteiger partial charge on any atom is 0.415 e. The zero-order valence-electron chi connectivity index (χ0n) is 11.2. The highest BCUT2D eigenvalue weighted by atomic mass is 32.2. The highest BCUT2D eigenvalue weighted by Gasteiger charge is 2.43. The van der Waals surface area contributed by atoms with Gasteiger partial charge in [0.05, 0.1) is 11.5 Å². The van der Waals surface area contributed by atoms with E-state index in [-0.39, 0.29) is 10.7 Å². The van der Waals surface area contributed by atoms with Crippen molar-refractivity contribution in [2.75, 3.05) is 11.5 Å². The minimum absolute atomic E-state index is 0.00221. The zero-order chi connectivity index (χ0) is 15.1. The number of halogens is 3. The first-order valence-corrected chi connectivity index (χ1v) is 8.06. The van der Waals surface area contributed by atoms with Crippen molar-refractivity contribution < 1.29 is 23.1 Å². The Morgan fingerprint density at radius 2 is 1.63 bits per heavy atom. The molecule has 0 bridgehead atoms. The monoisotopic (exact) mass is 316 g/mol. The van der Waals surface area contributed by atoms with E-state index in [1.165, 1.54) is 0 Å². The van der Waals surface area contributed by atoms with Crippen LogP contribution in [0.15, 0.2) is 9.81 Å². The molecule has 0 aliphatic carbocycles. The summed E-state index contributed by atoms with van der Waals surface area (Å²) in [6.07, 6.45) is -4.20. The Bertz CT molecular complexity index is 319. The molecule has 0 saturated carbocycles. The summed E-state index contributed by atoms with van der Waals surface area (Å²) in [5.41, 5.74) is -0.888. The second-order valence-electron chi connectivity index (χ2n) is 3.74. The van der Waals surface area contributed by atoms with Crippen molar-refractivity contribution in [3.8, 4) is 0 Å². The largest absolute Gasteiger partial charge is 0.481 e. The summed E-state index contributed by atoms with van der Waals surface area (Å²) < 4.78 is 39.7. The second kappa shape index (κ2) is 8.79. The van der Waals surface area contributed by atoms with Crippen LogP contribution < -0.4 is 0 Å². The molecule has 0 aromatic rings. The van der Waals surface area contributed by atoms with Gasteiger partial charge in [0, 0.05) is 4.24 Å². The molecule has 0 radical (unpaired) electrons. The molecule has 19 heavy (non-hydrogen) atoms. The molecular formula is C12H19F3O2S2. The van der Waals surface area contributed by atoms with Crippen LogP contribution in [0.25, 0.3) is 0 Å². The molecule has 0 aromatic heterocycles. The first-order valence-electron chi connectivity index (χ1n) is 6.09. The third kappa shape index (κ3) is 6.12. The molecule has 1 N–H and O–H groups in total. The fourth-order valence-corrected chi connectivity index (χ4v) is 3.99. The number of thioether (sulfide) groups is 2. The number of carboxylic acids is 1. The van der Waals surface area contributed by atoms with E-state index in [2.05, 4.69) is 0 Å². The van der Waals surface area contributed by atoms with Gasteiger partial charge in [-0.1, -0.05) is 27.2 Å². The minimum atomic E-state index is -4.60. The molecule has 1 unspecified atom stereocenters. The Labute approximate surface area is 120 Å². The van der Waals surface area contributed by atoms with Gasteiger partial charge >= 0.3 is 12.1 Å². The molecule has 0 fully saturated rings. The van der Waals surface area contributed by atoms with Gasteiger partial charge in [0.15, 0.2) is 0 Å². The Morgan fingerprint density at radius 1 is 1.16 bits per heavy atom. The van der Waals surface area contributed by atoms with Crippen LogP contribution in [-0.4, -0.2) is 28.8 Å². The summed E-state index contributed by atoms with van der Waals surface area (Å²) in [7, 11) is 0. The van der Waals surface area contributed by atoms with Gasteiger partial charge in [0.25, 0.3) is 0 Å². The van der Waals surface area contributed by atoms with Crippen LogP contribution in [0.5, 0.6) is 0 Å². The number of carboxylic acid groups (broad SMARTS) is 1. The van der Waals surface area contributed by atoms with Crippen molar-refractivity contribution in [3.63, 3.8) is 0 Å². The van der Waals surface area contributed by atoms with Crippen molar-refractivity contribution in [1.82, 2.24) is 0 Å². The van der Waals surface area contributed by atoms with Gasteiger partial charge in [-0.25, -0.2) is 0 Å². The predicted molar refractivity (Wildman–Crippen MR) is 75.4 cm³/mol. The van der Waals surface area contributed by atoms with E-state index in [9.17, 15) is 18.0 Å². The fourth-order valence-electron chi connectivity index (χ4n) is 1.59. The average molecular weight is 316 g/mol. The van der Waals surface area contributed by atoms with E-state index in [1.54, 1.807) is 20.8 Å². The first-order chi connectivity index (χ1) is 8.79. The maximum atomic E-state index is 13.2. The summed E-state index contributed by atoms with van der Waals surface area (Å²) in [6, 6.07) is 0. The topological polar surface area (TPSA) is 37.3 Å². The molecule has 0 amide bonds. The van der Waals surface area contributed by atoms with Gasteiger partial charge < -0.3 is 5.11 Å². The Morgan fingerprint density at radius 3 is 1.89 bits per heavy atom. The van der Waals surface area contributed by atoms with E-state index in [1.807, 2.05) is 0 Å². The van der Waals surface area contributed by atoms with Crippen molar-refractivity contribution >= 4 is 29.5 Å². The summed E-state index contributed by atoms with van der Waals surface area (Å²) in [4.78, 5) is 11.1. The van der Waals surface area contributed by atoms with Gasteiger partial charge in [-0.05, 0) is 17.9 Å². The third-order valence-corrected chi connectivity index (χ3v) is 4.55. The highest BCUT2D eigenvalue weighted by molar-refractivity contribution is 8.22. The lowest BCUT2D eigenvalue weighted by molar-refractivity contribution is -0.146. The molecule has 2 nitrogen and oxygen atoms in total. The molecule has 0 saturated heterocycles. The van der Waals surface area contributed by atoms with Crippen molar-refractivity contribution in [2.45, 2.75) is 39.8 Å². The fraction of sp³-hybridized carbons (Fsp3) is 0.750. The minimum Gasteiger partial charge on any atom is -0.481 e. The molecule has 0 spiro atoms. The van der Waals surface area contributed by atoms with Gasteiger partial charge in [0.2, 0.25) is 0 Å². The van der Waals surface area contributed by atoms with Gasteiger partial charge in [0.1, 0.15) is 0 Å². The molecule has 0 rings (SSSR count). The summed E-state index contributed by atoms with van der Waals surface area (Å²) in [6.45, 7) is 5.19. The molecule has 7 heteroatoms. The Balaban J connectivity index is 5.72. The number of hydrogen-bond donors (Lipinski definition) is 1. The number of alkyl halides is 3. The summed E-state index contributed by atoms with van der Waals surface area (Å²) in [5.74, 6) is -1.90. The lowest BCUT2D eigenvalue weighted by Crippen LogP contribution is -2.27. The second-order valence-corrected chi connectivity index (χ2v) is 6.55. The maximum absolute atomic E-state index is 13.2. The predicted octanol–water partition coefficient (Wildman–Crippen LogP) is 4.77. The van der Waals surface area contributed by atoms with E-state index in [4.69, 9.17) is 5.11 Å². The smallest absolute Gasteiger partial charge is 0.415 e. The third-order valence-electron chi connectivity index (χ3n) is 2.30. The molecule has 0 aromatic carbocycles. The van der Waals surface area contributed by atoms with Crippen LogP contribution in [-0.2, 0) is 4.79 Å². The van der Waals surface area contributed by atoms with Crippen LogP contribution in [0.3, 0.4) is 0 Å². The van der Waals surface area contributed by atoms with Crippen LogP contribution in [0.2, 0.25) is 0 Å². The lowest BCUT2D eigenvalue weighted by atomic mass is 9.95. The number of aliphatic carboxylic acids is 1. The SMILES string of the molecule is CCCC(C(=O)O)C(=C(SCC)SCC)C(F)(F)F. The molecule has 112 valence electrons. The molecule has 1 atom stereocenters. The van der Waals surface area contributed by atoms with Crippen LogP contribution in [0.4, 0.5) is 13.2 Å². The van der Waals surface area contributed by atoms with Crippen molar-refractivity contribution in [3.05, 3.63) is 9.81 Å². The Hall–Kier alpha value is -0.300. The lowest BCUT2D eigenvalue weighted by Gasteiger charge is -2.22. The molecule has 0 aliphatic rings. The van der Waals surface area contributed by atoms with Gasteiger partial charge in [-0.2, -0.15) is 13.2 Å². The van der Waals surface area contributed by atoms with E-state index in [0.717, 1.165) is 23.5 Å². The van der Waals surface area contributed by atoms with Crippen molar-refractivity contribution in [2.24, 2.45) is 5.92 Å². The van der Waals surface area contributed by atoms with Crippen LogP contribution in [0, 0.1) is 5.92 Å². The Kier molecular flexibility index (Phi) is 8.65. The number of carbonyl (C=O) groups is 1. The summed E-state index contributed by atoms with van der Waals surface area (Å²) in [5, 5.41) is 9.07. The number of rotatable bonds is 8. The van der Waals surface area contributed by atoms with Crippen molar-refractivity contribution in [1.29, 1.82) is 0 Å². The average Bonchev–Trinajstić information content (AvgIpc) is 2.27. The van der Waals surface area contributed by atoms with Gasteiger partial charge in [-0.3, -0.25) is 4.79 Å². The highest BCUT2D eigenvalue weighted by Crippen LogP contribution is 2.43.